The molecule has 0 aliphatic carbocycles. The molecule has 1 aromatic carbocycles. The third-order valence-corrected chi connectivity index (χ3v) is 4.75. The lowest BCUT2D eigenvalue weighted by molar-refractivity contribution is -0.139. The van der Waals surface area contributed by atoms with Gasteiger partial charge in [0.1, 0.15) is 5.57 Å². The fourth-order valence-corrected chi connectivity index (χ4v) is 3.64. The minimum atomic E-state index is -0.460. The van der Waals surface area contributed by atoms with Crippen LogP contribution in [0, 0.1) is 3.57 Å². The van der Waals surface area contributed by atoms with Crippen LogP contribution in [0.1, 0.15) is 43.0 Å². The van der Waals surface area contributed by atoms with Crippen LogP contribution in [0.25, 0.3) is 0 Å². The third kappa shape index (κ3) is 3.37. The monoisotopic (exact) mass is 453 g/mol. The number of hydrogen-bond acceptors (Lipinski definition) is 5. The first-order valence-corrected chi connectivity index (χ1v) is 9.31. The SMILES string of the molecule is CCCc1[nH]nc2c1C(c1cccc(I)c1)C(C(=O)OCC)=C(N)O2. The van der Waals surface area contributed by atoms with Crippen LogP contribution >= 0.6 is 22.6 Å². The van der Waals surface area contributed by atoms with E-state index < -0.39 is 5.97 Å². The van der Waals surface area contributed by atoms with Crippen molar-refractivity contribution in [2.45, 2.75) is 32.6 Å². The second kappa shape index (κ2) is 7.47. The Labute approximate surface area is 159 Å². The Bertz CT molecular complexity index is 829. The zero-order valence-corrected chi connectivity index (χ0v) is 16.3. The molecule has 1 aromatic heterocycles. The summed E-state index contributed by atoms with van der Waals surface area (Å²) < 4.78 is 11.9. The van der Waals surface area contributed by atoms with Gasteiger partial charge in [-0.25, -0.2) is 4.79 Å². The van der Waals surface area contributed by atoms with E-state index in [-0.39, 0.29) is 18.4 Å². The number of nitrogens with one attached hydrogen (secondary N) is 1. The average Bonchev–Trinajstić information content (AvgIpc) is 2.96. The van der Waals surface area contributed by atoms with Crippen molar-refractivity contribution in [2.75, 3.05) is 6.61 Å². The number of nitrogens with two attached hydrogens (primary N) is 1. The number of aromatic amines is 1. The molecule has 2 aromatic rings. The fraction of sp³-hybridized carbons (Fsp3) is 0.333. The van der Waals surface area contributed by atoms with Gasteiger partial charge in [-0.05, 0) is 53.6 Å². The molecule has 3 rings (SSSR count). The predicted octanol–water partition coefficient (Wildman–Crippen LogP) is 3.22. The van der Waals surface area contributed by atoms with E-state index in [4.69, 9.17) is 15.2 Å². The molecule has 7 heteroatoms. The van der Waals surface area contributed by atoms with Crippen molar-refractivity contribution in [3.8, 4) is 5.88 Å². The van der Waals surface area contributed by atoms with Gasteiger partial charge in [-0.1, -0.05) is 25.5 Å². The number of aryl methyl sites for hydroxylation is 1. The molecular weight excluding hydrogens is 433 g/mol. The first-order chi connectivity index (χ1) is 12.1. The van der Waals surface area contributed by atoms with E-state index in [0.29, 0.717) is 11.5 Å². The molecule has 0 saturated carbocycles. The van der Waals surface area contributed by atoms with E-state index in [1.165, 1.54) is 0 Å². The van der Waals surface area contributed by atoms with Crippen molar-refractivity contribution >= 4 is 28.6 Å². The molecule has 1 unspecified atom stereocenters. The van der Waals surface area contributed by atoms with E-state index in [2.05, 4.69) is 39.7 Å². The minimum absolute atomic E-state index is 0.0457. The van der Waals surface area contributed by atoms with E-state index in [1.54, 1.807) is 6.92 Å². The molecule has 1 atom stereocenters. The molecule has 0 spiro atoms. The fourth-order valence-electron chi connectivity index (χ4n) is 3.08. The van der Waals surface area contributed by atoms with Crippen LogP contribution in [-0.4, -0.2) is 22.8 Å². The molecule has 6 nitrogen and oxygen atoms in total. The Morgan fingerprint density at radius 1 is 1.44 bits per heavy atom. The summed E-state index contributed by atoms with van der Waals surface area (Å²) in [6, 6.07) is 7.99. The summed E-state index contributed by atoms with van der Waals surface area (Å²) in [5.74, 6) is -0.349. The number of nitrogens with zero attached hydrogens (tertiary/aromatic N) is 1. The van der Waals surface area contributed by atoms with Gasteiger partial charge in [-0.3, -0.25) is 5.10 Å². The van der Waals surface area contributed by atoms with Gasteiger partial charge in [0.2, 0.25) is 11.8 Å². The van der Waals surface area contributed by atoms with E-state index in [9.17, 15) is 4.79 Å². The van der Waals surface area contributed by atoms with Gasteiger partial charge in [0, 0.05) is 14.8 Å². The van der Waals surface area contributed by atoms with Crippen molar-refractivity contribution in [3.63, 3.8) is 0 Å². The molecular formula is C18H20IN3O3. The molecule has 132 valence electrons. The number of H-pyrrole nitrogens is 1. The maximum Gasteiger partial charge on any atom is 0.340 e. The number of esters is 1. The van der Waals surface area contributed by atoms with Crippen LogP contribution in [0.3, 0.4) is 0 Å². The highest BCUT2D eigenvalue weighted by molar-refractivity contribution is 14.1. The van der Waals surface area contributed by atoms with E-state index in [1.807, 2.05) is 24.3 Å². The zero-order valence-electron chi connectivity index (χ0n) is 14.1. The second-order valence-electron chi connectivity index (χ2n) is 5.76. The highest BCUT2D eigenvalue weighted by Crippen LogP contribution is 2.43. The molecule has 25 heavy (non-hydrogen) atoms. The van der Waals surface area contributed by atoms with Crippen molar-refractivity contribution in [2.24, 2.45) is 5.73 Å². The van der Waals surface area contributed by atoms with Crippen LogP contribution in [0.4, 0.5) is 0 Å². The Hall–Kier alpha value is -2.03. The third-order valence-electron chi connectivity index (χ3n) is 4.07. The molecule has 3 N–H and O–H groups in total. The molecule has 0 radical (unpaired) electrons. The van der Waals surface area contributed by atoms with Gasteiger partial charge in [-0.15, -0.1) is 5.10 Å². The topological polar surface area (TPSA) is 90.2 Å². The normalized spacial score (nSPS) is 16.4. The molecule has 0 amide bonds. The number of rotatable bonds is 5. The van der Waals surface area contributed by atoms with Gasteiger partial charge in [0.25, 0.3) is 0 Å². The standard InChI is InChI=1S/C18H20IN3O3/c1-3-6-12-14-13(10-7-5-8-11(19)9-10)15(18(23)24-4-2)16(20)25-17(14)22-21-12/h5,7-9,13H,3-4,6,20H2,1-2H3,(H,21,22). The number of carbonyl (C=O) groups excluding carboxylic acids is 1. The number of carbonyl (C=O) groups is 1. The summed E-state index contributed by atoms with van der Waals surface area (Å²) in [5.41, 5.74) is 9.18. The van der Waals surface area contributed by atoms with Crippen LogP contribution in [0.15, 0.2) is 35.7 Å². The van der Waals surface area contributed by atoms with Crippen molar-refractivity contribution in [1.29, 1.82) is 0 Å². The molecule has 1 aliphatic heterocycles. The Kier molecular flexibility index (Phi) is 5.31. The van der Waals surface area contributed by atoms with Gasteiger partial charge in [0.05, 0.1) is 12.5 Å². The summed E-state index contributed by atoms with van der Waals surface area (Å²) in [7, 11) is 0. The highest BCUT2D eigenvalue weighted by atomic mass is 127. The molecule has 0 bridgehead atoms. The van der Waals surface area contributed by atoms with Crippen molar-refractivity contribution in [1.82, 2.24) is 10.2 Å². The maximum atomic E-state index is 12.6. The summed E-state index contributed by atoms with van der Waals surface area (Å²) in [6.45, 7) is 4.13. The first-order valence-electron chi connectivity index (χ1n) is 8.24. The van der Waals surface area contributed by atoms with Gasteiger partial charge in [0.15, 0.2) is 0 Å². The quantitative estimate of drug-likeness (QED) is 0.536. The van der Waals surface area contributed by atoms with Crippen molar-refractivity contribution < 1.29 is 14.3 Å². The lowest BCUT2D eigenvalue weighted by atomic mass is 9.83. The van der Waals surface area contributed by atoms with E-state index in [0.717, 1.165) is 33.2 Å². The Balaban J connectivity index is 2.19. The molecule has 2 heterocycles. The minimum Gasteiger partial charge on any atom is -0.462 e. The number of aromatic nitrogens is 2. The smallest absolute Gasteiger partial charge is 0.340 e. The number of benzene rings is 1. The van der Waals surface area contributed by atoms with Crippen LogP contribution in [-0.2, 0) is 16.0 Å². The van der Waals surface area contributed by atoms with Gasteiger partial charge >= 0.3 is 5.97 Å². The van der Waals surface area contributed by atoms with E-state index >= 15 is 0 Å². The zero-order chi connectivity index (χ0) is 18.0. The summed E-state index contributed by atoms with van der Waals surface area (Å²) >= 11 is 2.25. The molecule has 0 fully saturated rings. The Morgan fingerprint density at radius 2 is 2.24 bits per heavy atom. The number of ether oxygens (including phenoxy) is 2. The maximum absolute atomic E-state index is 12.6. The molecule has 0 saturated heterocycles. The predicted molar refractivity (Wildman–Crippen MR) is 102 cm³/mol. The summed E-state index contributed by atoms with van der Waals surface area (Å²) in [6.07, 6.45) is 1.75. The largest absolute Gasteiger partial charge is 0.462 e. The lowest BCUT2D eigenvalue weighted by Crippen LogP contribution is -2.27. The van der Waals surface area contributed by atoms with Gasteiger partial charge in [-0.2, -0.15) is 0 Å². The summed E-state index contributed by atoms with van der Waals surface area (Å²) in [5, 5.41) is 7.28. The lowest BCUT2D eigenvalue weighted by Gasteiger charge is -2.26. The first kappa shape index (κ1) is 17.8. The van der Waals surface area contributed by atoms with Crippen LogP contribution in [0.2, 0.25) is 0 Å². The number of halogens is 1. The van der Waals surface area contributed by atoms with Crippen molar-refractivity contribution in [3.05, 3.63) is 56.1 Å². The summed E-state index contributed by atoms with van der Waals surface area (Å²) in [4.78, 5) is 12.6. The van der Waals surface area contributed by atoms with Crippen LogP contribution < -0.4 is 10.5 Å². The Morgan fingerprint density at radius 3 is 2.92 bits per heavy atom. The number of fused-ring (bicyclic) bond motifs is 1. The molecule has 1 aliphatic rings. The highest BCUT2D eigenvalue weighted by Gasteiger charge is 2.38. The average molecular weight is 453 g/mol. The van der Waals surface area contributed by atoms with Crippen LogP contribution in [0.5, 0.6) is 5.88 Å². The van der Waals surface area contributed by atoms with Gasteiger partial charge < -0.3 is 15.2 Å². The number of hydrogen-bond donors (Lipinski definition) is 2. The second-order valence-corrected chi connectivity index (χ2v) is 7.01.